The number of amides is 1. The summed E-state index contributed by atoms with van der Waals surface area (Å²) in [5, 5.41) is 4.29. The first-order valence-electron chi connectivity index (χ1n) is 10.9. The maximum Gasteiger partial charge on any atom is 0.239 e. The van der Waals surface area contributed by atoms with Crippen LogP contribution in [-0.2, 0) is 4.79 Å². The van der Waals surface area contributed by atoms with E-state index in [4.69, 9.17) is 11.6 Å². The Kier molecular flexibility index (Phi) is 10.6. The number of hydrogen-bond acceptors (Lipinski definition) is 4. The van der Waals surface area contributed by atoms with Gasteiger partial charge in [0, 0.05) is 71.1 Å². The number of piperazine rings is 1. The average molecular weight is 563 g/mol. The van der Waals surface area contributed by atoms with Crippen molar-refractivity contribution in [3.8, 4) is 0 Å². The van der Waals surface area contributed by atoms with Gasteiger partial charge in [0.1, 0.15) is 0 Å². The van der Waals surface area contributed by atoms with Crippen molar-refractivity contribution in [2.45, 2.75) is 25.3 Å². The summed E-state index contributed by atoms with van der Waals surface area (Å²) in [6, 6.07) is 8.10. The Balaban J connectivity index is 0.00000341. The van der Waals surface area contributed by atoms with Crippen LogP contribution >= 0.6 is 35.6 Å². The molecule has 2 heterocycles. The van der Waals surface area contributed by atoms with Gasteiger partial charge in [-0.3, -0.25) is 14.7 Å². The van der Waals surface area contributed by atoms with Crippen molar-refractivity contribution < 1.29 is 4.79 Å². The number of carbonyl (C=O) groups is 1. The van der Waals surface area contributed by atoms with Gasteiger partial charge in [0.2, 0.25) is 5.91 Å². The summed E-state index contributed by atoms with van der Waals surface area (Å²) >= 11 is 6.13. The third kappa shape index (κ3) is 7.12. The second kappa shape index (κ2) is 12.7. The van der Waals surface area contributed by atoms with E-state index in [0.717, 1.165) is 76.1 Å². The molecule has 2 saturated heterocycles. The van der Waals surface area contributed by atoms with Gasteiger partial charge in [-0.15, -0.1) is 24.0 Å². The van der Waals surface area contributed by atoms with E-state index >= 15 is 0 Å². The maximum atomic E-state index is 12.3. The number of anilines is 1. The highest BCUT2D eigenvalue weighted by Gasteiger charge is 2.31. The van der Waals surface area contributed by atoms with Crippen molar-refractivity contribution in [3.63, 3.8) is 0 Å². The monoisotopic (exact) mass is 562 g/mol. The van der Waals surface area contributed by atoms with Gasteiger partial charge in [-0.05, 0) is 44.0 Å². The van der Waals surface area contributed by atoms with Crippen LogP contribution in [0.4, 0.5) is 5.69 Å². The van der Waals surface area contributed by atoms with E-state index in [1.807, 2.05) is 39.3 Å². The molecule has 7 nitrogen and oxygen atoms in total. The Morgan fingerprint density at radius 2 is 1.97 bits per heavy atom. The number of halogens is 2. The molecule has 1 aromatic carbocycles. The smallest absolute Gasteiger partial charge is 0.239 e. The average Bonchev–Trinajstić information content (AvgIpc) is 3.22. The van der Waals surface area contributed by atoms with E-state index < -0.39 is 0 Å². The van der Waals surface area contributed by atoms with Crippen molar-refractivity contribution in [2.75, 3.05) is 71.9 Å². The molecule has 1 N–H and O–H groups in total. The number of guanidine groups is 1. The molecule has 0 aromatic heterocycles. The number of likely N-dealkylation sites (tertiary alicyclic amines) is 1. The third-order valence-corrected chi connectivity index (χ3v) is 6.19. The first-order valence-corrected chi connectivity index (χ1v) is 11.3. The predicted molar refractivity (Wildman–Crippen MR) is 140 cm³/mol. The summed E-state index contributed by atoms with van der Waals surface area (Å²) in [6.45, 7) is 6.57. The molecule has 3 rings (SSSR count). The molecule has 1 aromatic rings. The number of carbonyl (C=O) groups excluding carboxylic acids is 1. The Bertz CT molecular complexity index is 738. The highest BCUT2D eigenvalue weighted by molar-refractivity contribution is 14.0. The molecular weight excluding hydrogens is 527 g/mol. The Morgan fingerprint density at radius 1 is 1.23 bits per heavy atom. The Morgan fingerprint density at radius 3 is 2.61 bits per heavy atom. The summed E-state index contributed by atoms with van der Waals surface area (Å²) in [7, 11) is 5.53. The van der Waals surface area contributed by atoms with Crippen LogP contribution in [0.15, 0.2) is 29.3 Å². The van der Waals surface area contributed by atoms with E-state index in [0.29, 0.717) is 0 Å². The largest absolute Gasteiger partial charge is 0.368 e. The predicted octanol–water partition coefficient (Wildman–Crippen LogP) is 2.60. The van der Waals surface area contributed by atoms with Crippen molar-refractivity contribution in [3.05, 3.63) is 29.3 Å². The maximum absolute atomic E-state index is 12.3. The summed E-state index contributed by atoms with van der Waals surface area (Å²) in [4.78, 5) is 25.5. The molecule has 0 bridgehead atoms. The lowest BCUT2D eigenvalue weighted by Crippen LogP contribution is -2.52. The number of hydrogen-bond donors (Lipinski definition) is 1. The minimum Gasteiger partial charge on any atom is -0.368 e. The zero-order valence-corrected chi connectivity index (χ0v) is 22.0. The van der Waals surface area contributed by atoms with Crippen molar-refractivity contribution >= 4 is 53.1 Å². The molecule has 1 amide bonds. The Labute approximate surface area is 208 Å². The van der Waals surface area contributed by atoms with Crippen LogP contribution in [0.2, 0.25) is 5.02 Å². The Hall–Kier alpha value is -1.26. The standard InChI is InChI=1S/C22H35ClN6O.HI/c1-24-22(25-10-6-12-28-11-5-9-20(28)21(30)26(2)3)29-15-13-27(14-16-29)19-8-4-7-18(23)17-19;/h4,7-8,17,20H,5-6,9-16H2,1-3H3,(H,24,25);1H. The second-order valence-electron chi connectivity index (χ2n) is 8.21. The first kappa shape index (κ1) is 26.0. The van der Waals surface area contributed by atoms with Crippen molar-refractivity contribution in [1.29, 1.82) is 0 Å². The van der Waals surface area contributed by atoms with Crippen LogP contribution in [0.5, 0.6) is 0 Å². The SMILES string of the molecule is CN=C(NCCCN1CCCC1C(=O)N(C)C)N1CCN(c2cccc(Cl)c2)CC1.I. The van der Waals surface area contributed by atoms with Gasteiger partial charge in [0.05, 0.1) is 6.04 Å². The molecule has 31 heavy (non-hydrogen) atoms. The highest BCUT2D eigenvalue weighted by Crippen LogP contribution is 2.21. The molecule has 2 fully saturated rings. The number of rotatable bonds is 6. The fraction of sp³-hybridized carbons (Fsp3) is 0.636. The normalized spacial score (nSPS) is 19.9. The molecule has 0 aliphatic carbocycles. The molecular formula is C22H36ClIN6O. The summed E-state index contributed by atoms with van der Waals surface area (Å²) in [5.74, 6) is 1.19. The van der Waals surface area contributed by atoms with Gasteiger partial charge in [-0.1, -0.05) is 17.7 Å². The molecule has 2 aliphatic rings. The number of aliphatic imine (C=N–C) groups is 1. The molecule has 0 saturated carbocycles. The molecule has 9 heteroatoms. The van der Waals surface area contributed by atoms with Crippen LogP contribution in [-0.4, -0.2) is 99.6 Å². The third-order valence-electron chi connectivity index (χ3n) is 5.96. The van der Waals surface area contributed by atoms with E-state index in [9.17, 15) is 4.79 Å². The number of nitrogens with zero attached hydrogens (tertiary/aromatic N) is 5. The van der Waals surface area contributed by atoms with E-state index in [1.165, 1.54) is 5.69 Å². The number of likely N-dealkylation sites (N-methyl/N-ethyl adjacent to an activating group) is 1. The van der Waals surface area contributed by atoms with E-state index in [1.54, 1.807) is 4.90 Å². The highest BCUT2D eigenvalue weighted by atomic mass is 127. The van der Waals surface area contributed by atoms with Crippen LogP contribution in [0.3, 0.4) is 0 Å². The minimum absolute atomic E-state index is 0. The van der Waals surface area contributed by atoms with Gasteiger partial charge in [-0.2, -0.15) is 0 Å². The molecule has 1 atom stereocenters. The van der Waals surface area contributed by atoms with E-state index in [2.05, 4.69) is 31.1 Å². The zero-order valence-electron chi connectivity index (χ0n) is 18.9. The zero-order chi connectivity index (χ0) is 21.5. The fourth-order valence-electron chi connectivity index (χ4n) is 4.34. The van der Waals surface area contributed by atoms with Gasteiger partial charge in [-0.25, -0.2) is 0 Å². The summed E-state index contributed by atoms with van der Waals surface area (Å²) in [5.41, 5.74) is 1.18. The van der Waals surface area contributed by atoms with E-state index in [-0.39, 0.29) is 35.9 Å². The van der Waals surface area contributed by atoms with Gasteiger partial charge in [0.25, 0.3) is 0 Å². The van der Waals surface area contributed by atoms with Crippen LogP contribution in [0.1, 0.15) is 19.3 Å². The lowest BCUT2D eigenvalue weighted by Gasteiger charge is -2.37. The van der Waals surface area contributed by atoms with Crippen molar-refractivity contribution in [1.82, 2.24) is 20.0 Å². The lowest BCUT2D eigenvalue weighted by molar-refractivity contribution is -0.133. The molecule has 1 unspecified atom stereocenters. The molecule has 2 aliphatic heterocycles. The van der Waals surface area contributed by atoms with Gasteiger partial charge in [0.15, 0.2) is 5.96 Å². The number of nitrogens with one attached hydrogen (secondary N) is 1. The van der Waals surface area contributed by atoms with Crippen LogP contribution in [0.25, 0.3) is 0 Å². The fourth-order valence-corrected chi connectivity index (χ4v) is 4.52. The number of benzene rings is 1. The molecule has 174 valence electrons. The summed E-state index contributed by atoms with van der Waals surface area (Å²) < 4.78 is 0. The first-order chi connectivity index (χ1) is 14.5. The quantitative estimate of drug-likeness (QED) is 0.250. The molecule has 0 radical (unpaired) electrons. The summed E-state index contributed by atoms with van der Waals surface area (Å²) in [6.07, 6.45) is 3.08. The van der Waals surface area contributed by atoms with Crippen molar-refractivity contribution in [2.24, 2.45) is 4.99 Å². The van der Waals surface area contributed by atoms with Crippen LogP contribution in [0, 0.1) is 0 Å². The molecule has 0 spiro atoms. The minimum atomic E-state index is 0. The van der Waals surface area contributed by atoms with Gasteiger partial charge >= 0.3 is 0 Å². The van der Waals surface area contributed by atoms with Crippen LogP contribution < -0.4 is 10.2 Å². The second-order valence-corrected chi connectivity index (χ2v) is 8.64. The lowest BCUT2D eigenvalue weighted by atomic mass is 10.2. The topological polar surface area (TPSA) is 54.4 Å². The van der Waals surface area contributed by atoms with Gasteiger partial charge < -0.3 is 20.0 Å².